The second kappa shape index (κ2) is 8.15. The highest BCUT2D eigenvalue weighted by Gasteiger charge is 2.13. The largest absolute Gasteiger partial charge is 0.467 e. The summed E-state index contributed by atoms with van der Waals surface area (Å²) in [6, 6.07) is 9.96. The molecular weight excluding hydrogens is 344 g/mol. The van der Waals surface area contributed by atoms with Gasteiger partial charge in [0.2, 0.25) is 0 Å². The zero-order valence-electron chi connectivity index (χ0n) is 12.6. The molecule has 3 N–H and O–H groups in total. The Balaban J connectivity index is 1.89. The number of rotatable bonds is 7. The van der Waals surface area contributed by atoms with Crippen molar-refractivity contribution in [3.8, 4) is 0 Å². The molecule has 0 fully saturated rings. The molecule has 1 aromatic heterocycles. The number of carbonyl (C=O) groups excluding carboxylic acids is 1. The van der Waals surface area contributed by atoms with Crippen LogP contribution in [0.4, 0.5) is 0 Å². The predicted molar refractivity (Wildman–Crippen MR) is 90.6 cm³/mol. The van der Waals surface area contributed by atoms with Crippen molar-refractivity contribution in [1.29, 1.82) is 0 Å². The molecule has 2 rings (SSSR count). The molecule has 1 amide bonds. The third-order valence-electron chi connectivity index (χ3n) is 3.66. The molecule has 1 aromatic carbocycles. The number of hydrogen-bond acceptors (Lipinski definition) is 3. The average Bonchev–Trinajstić information content (AvgIpc) is 3.00. The number of nitrogens with two attached hydrogens (primary N) is 1. The van der Waals surface area contributed by atoms with Crippen molar-refractivity contribution in [1.82, 2.24) is 5.32 Å². The summed E-state index contributed by atoms with van der Waals surface area (Å²) in [5.41, 5.74) is 7.27. The molecule has 5 heteroatoms. The number of benzene rings is 1. The molecule has 2 aromatic rings. The third-order valence-corrected chi connectivity index (χ3v) is 4.15. The number of hydrogen-bond donors (Lipinski definition) is 2. The lowest BCUT2D eigenvalue weighted by Gasteiger charge is -2.15. The molecule has 0 spiro atoms. The van der Waals surface area contributed by atoms with Gasteiger partial charge in [-0.2, -0.15) is 0 Å². The van der Waals surface area contributed by atoms with E-state index in [1.807, 2.05) is 12.1 Å². The fourth-order valence-corrected chi connectivity index (χ4v) is 2.75. The number of carbonyl (C=O) groups is 1. The van der Waals surface area contributed by atoms with Gasteiger partial charge in [-0.05, 0) is 36.1 Å². The Morgan fingerprint density at radius 3 is 2.86 bits per heavy atom. The molecule has 0 aliphatic heterocycles. The molecule has 0 aliphatic rings. The summed E-state index contributed by atoms with van der Waals surface area (Å²) < 4.78 is 6.27. The first-order valence-electron chi connectivity index (χ1n) is 7.42. The first kappa shape index (κ1) is 16.8. The minimum absolute atomic E-state index is 0.115. The van der Waals surface area contributed by atoms with Crippen molar-refractivity contribution in [2.75, 3.05) is 6.54 Å². The van der Waals surface area contributed by atoms with E-state index in [-0.39, 0.29) is 5.91 Å². The Morgan fingerprint density at radius 1 is 1.41 bits per heavy atom. The van der Waals surface area contributed by atoms with Crippen LogP contribution in [-0.2, 0) is 13.0 Å². The average molecular weight is 365 g/mol. The molecule has 22 heavy (non-hydrogen) atoms. The van der Waals surface area contributed by atoms with Gasteiger partial charge in [0.25, 0.3) is 5.91 Å². The van der Waals surface area contributed by atoms with Gasteiger partial charge in [-0.15, -0.1) is 0 Å². The SMILES string of the molecule is CCC(CNC(=O)c1coc(CN)c1)Cc1cccc(Br)c1. The molecule has 0 saturated carbocycles. The van der Waals surface area contributed by atoms with Gasteiger partial charge in [0.15, 0.2) is 0 Å². The summed E-state index contributed by atoms with van der Waals surface area (Å²) in [7, 11) is 0. The van der Waals surface area contributed by atoms with E-state index in [4.69, 9.17) is 10.2 Å². The Labute approximate surface area is 139 Å². The summed E-state index contributed by atoms with van der Waals surface area (Å²) in [5, 5.41) is 2.97. The van der Waals surface area contributed by atoms with Crippen LogP contribution in [0.1, 0.15) is 35.0 Å². The van der Waals surface area contributed by atoms with Crippen molar-refractivity contribution >= 4 is 21.8 Å². The summed E-state index contributed by atoms with van der Waals surface area (Å²) in [4.78, 5) is 12.1. The smallest absolute Gasteiger partial charge is 0.254 e. The van der Waals surface area contributed by atoms with E-state index in [0.29, 0.717) is 30.3 Å². The molecular formula is C17H21BrN2O2. The van der Waals surface area contributed by atoms with Crippen molar-refractivity contribution in [2.24, 2.45) is 11.7 Å². The molecule has 1 atom stereocenters. The summed E-state index contributed by atoms with van der Waals surface area (Å²) in [6.45, 7) is 3.08. The van der Waals surface area contributed by atoms with E-state index in [1.165, 1.54) is 11.8 Å². The maximum absolute atomic E-state index is 12.1. The van der Waals surface area contributed by atoms with Crippen LogP contribution in [0.2, 0.25) is 0 Å². The normalized spacial score (nSPS) is 12.1. The molecule has 0 aliphatic carbocycles. The lowest BCUT2D eigenvalue weighted by molar-refractivity contribution is 0.0946. The van der Waals surface area contributed by atoms with Gasteiger partial charge in [0.05, 0.1) is 12.1 Å². The molecule has 1 heterocycles. The Kier molecular flexibility index (Phi) is 6.21. The van der Waals surface area contributed by atoms with Gasteiger partial charge in [-0.3, -0.25) is 4.79 Å². The summed E-state index contributed by atoms with van der Waals surface area (Å²) >= 11 is 3.49. The number of furan rings is 1. The molecule has 0 radical (unpaired) electrons. The minimum Gasteiger partial charge on any atom is -0.467 e. The van der Waals surface area contributed by atoms with E-state index in [0.717, 1.165) is 17.3 Å². The highest BCUT2D eigenvalue weighted by atomic mass is 79.9. The summed E-state index contributed by atoms with van der Waals surface area (Å²) in [5.74, 6) is 0.904. The zero-order chi connectivity index (χ0) is 15.9. The van der Waals surface area contributed by atoms with Gasteiger partial charge in [0.1, 0.15) is 12.0 Å². The zero-order valence-corrected chi connectivity index (χ0v) is 14.2. The second-order valence-corrected chi connectivity index (χ2v) is 6.24. The van der Waals surface area contributed by atoms with Crippen molar-refractivity contribution in [2.45, 2.75) is 26.3 Å². The Bertz CT molecular complexity index is 625. The molecule has 118 valence electrons. The van der Waals surface area contributed by atoms with E-state index in [1.54, 1.807) is 6.07 Å². The van der Waals surface area contributed by atoms with Crippen LogP contribution in [0, 0.1) is 5.92 Å². The van der Waals surface area contributed by atoms with Crippen LogP contribution >= 0.6 is 15.9 Å². The van der Waals surface area contributed by atoms with Crippen molar-refractivity contribution < 1.29 is 9.21 Å². The number of halogens is 1. The third kappa shape index (κ3) is 4.71. The monoisotopic (exact) mass is 364 g/mol. The predicted octanol–water partition coefficient (Wildman–Crippen LogP) is 3.50. The number of amides is 1. The van der Waals surface area contributed by atoms with Crippen molar-refractivity contribution in [3.63, 3.8) is 0 Å². The van der Waals surface area contributed by atoms with E-state index >= 15 is 0 Å². The Morgan fingerprint density at radius 2 is 2.23 bits per heavy atom. The van der Waals surface area contributed by atoms with Gasteiger partial charge < -0.3 is 15.5 Å². The van der Waals surface area contributed by atoms with Crippen LogP contribution in [0.5, 0.6) is 0 Å². The fourth-order valence-electron chi connectivity index (χ4n) is 2.30. The quantitative estimate of drug-likeness (QED) is 0.789. The maximum Gasteiger partial charge on any atom is 0.254 e. The van der Waals surface area contributed by atoms with Crippen LogP contribution in [0.3, 0.4) is 0 Å². The fraction of sp³-hybridized carbons (Fsp3) is 0.353. The van der Waals surface area contributed by atoms with E-state index in [2.05, 4.69) is 40.3 Å². The van der Waals surface area contributed by atoms with Gasteiger partial charge in [-0.1, -0.05) is 41.4 Å². The lowest BCUT2D eigenvalue weighted by Crippen LogP contribution is -2.29. The van der Waals surface area contributed by atoms with Gasteiger partial charge in [-0.25, -0.2) is 0 Å². The topological polar surface area (TPSA) is 68.3 Å². The lowest BCUT2D eigenvalue weighted by atomic mass is 9.97. The molecule has 0 saturated heterocycles. The highest BCUT2D eigenvalue weighted by molar-refractivity contribution is 9.10. The first-order chi connectivity index (χ1) is 10.6. The van der Waals surface area contributed by atoms with E-state index in [9.17, 15) is 4.79 Å². The standard InChI is InChI=1S/C17H21BrN2O2/c1-2-12(6-13-4-3-5-15(18)7-13)10-20-17(21)14-8-16(9-19)22-11-14/h3-5,7-8,11-12H,2,6,9-10,19H2,1H3,(H,20,21). The van der Waals surface area contributed by atoms with E-state index < -0.39 is 0 Å². The van der Waals surface area contributed by atoms with Gasteiger partial charge >= 0.3 is 0 Å². The van der Waals surface area contributed by atoms with Crippen molar-refractivity contribution in [3.05, 3.63) is 58.0 Å². The van der Waals surface area contributed by atoms with Gasteiger partial charge in [0, 0.05) is 11.0 Å². The second-order valence-electron chi connectivity index (χ2n) is 5.32. The summed E-state index contributed by atoms with van der Waals surface area (Å²) in [6.07, 6.45) is 3.40. The maximum atomic E-state index is 12.1. The van der Waals surface area contributed by atoms with Crippen LogP contribution < -0.4 is 11.1 Å². The first-order valence-corrected chi connectivity index (χ1v) is 8.21. The Hall–Kier alpha value is -1.59. The minimum atomic E-state index is -0.115. The molecule has 0 bridgehead atoms. The highest BCUT2D eigenvalue weighted by Crippen LogP contribution is 2.17. The van der Waals surface area contributed by atoms with Crippen LogP contribution in [-0.4, -0.2) is 12.5 Å². The molecule has 1 unspecified atom stereocenters. The number of nitrogens with one attached hydrogen (secondary N) is 1. The molecule has 4 nitrogen and oxygen atoms in total. The van der Waals surface area contributed by atoms with Crippen LogP contribution in [0.15, 0.2) is 45.5 Å². The van der Waals surface area contributed by atoms with Crippen LogP contribution in [0.25, 0.3) is 0 Å².